The average molecular weight is 400 g/mol. The molecule has 0 aliphatic heterocycles. The Morgan fingerprint density at radius 1 is 1.07 bits per heavy atom. The van der Waals surface area contributed by atoms with Gasteiger partial charge in [0.15, 0.2) is 0 Å². The monoisotopic (exact) mass is 399 g/mol. The van der Waals surface area contributed by atoms with Gasteiger partial charge >= 0.3 is 0 Å². The summed E-state index contributed by atoms with van der Waals surface area (Å²) in [7, 11) is 0. The van der Waals surface area contributed by atoms with E-state index in [4.69, 9.17) is 0 Å². The number of carbonyl (C=O) groups is 1. The molecule has 1 amide bonds. The molecule has 4 nitrogen and oxygen atoms in total. The Morgan fingerprint density at radius 3 is 2.59 bits per heavy atom. The van der Waals surface area contributed by atoms with Crippen LogP contribution in [0.25, 0.3) is 0 Å². The van der Waals surface area contributed by atoms with Gasteiger partial charge in [0.05, 0.1) is 12.2 Å². The maximum Gasteiger partial charge on any atom is 0.219 e. The average Bonchev–Trinajstić information content (AvgIpc) is 2.98. The molecule has 1 fully saturated rings. The zero-order chi connectivity index (χ0) is 20.9. The third kappa shape index (κ3) is 8.55. The first-order valence-corrected chi connectivity index (χ1v) is 11.1. The molecule has 0 spiro atoms. The fourth-order valence-corrected chi connectivity index (χ4v) is 4.07. The van der Waals surface area contributed by atoms with Crippen molar-refractivity contribution in [3.05, 3.63) is 60.2 Å². The van der Waals surface area contributed by atoms with Gasteiger partial charge in [-0.3, -0.25) is 4.79 Å². The predicted molar refractivity (Wildman–Crippen MR) is 118 cm³/mol. The van der Waals surface area contributed by atoms with E-state index in [9.17, 15) is 15.0 Å². The van der Waals surface area contributed by atoms with Crippen molar-refractivity contribution in [2.75, 3.05) is 6.54 Å². The molecule has 1 saturated carbocycles. The molecule has 2 rings (SSSR count). The van der Waals surface area contributed by atoms with E-state index in [1.54, 1.807) is 0 Å². The summed E-state index contributed by atoms with van der Waals surface area (Å²) in [5.41, 5.74) is 1.35. The van der Waals surface area contributed by atoms with E-state index in [0.29, 0.717) is 19.4 Å². The van der Waals surface area contributed by atoms with Crippen molar-refractivity contribution < 1.29 is 15.0 Å². The molecule has 0 saturated heterocycles. The van der Waals surface area contributed by atoms with Crippen molar-refractivity contribution >= 4 is 5.91 Å². The first-order valence-electron chi connectivity index (χ1n) is 11.1. The van der Waals surface area contributed by atoms with Crippen LogP contribution in [-0.4, -0.2) is 34.9 Å². The van der Waals surface area contributed by atoms with Crippen LogP contribution < -0.4 is 5.32 Å². The summed E-state index contributed by atoms with van der Waals surface area (Å²) < 4.78 is 0. The van der Waals surface area contributed by atoms with Gasteiger partial charge in [-0.1, -0.05) is 54.6 Å². The van der Waals surface area contributed by atoms with E-state index in [0.717, 1.165) is 38.5 Å². The van der Waals surface area contributed by atoms with Gasteiger partial charge < -0.3 is 15.5 Å². The number of unbranched alkanes of at least 4 members (excludes halogenated alkanes) is 2. The highest BCUT2D eigenvalue weighted by Crippen LogP contribution is 2.36. The Kier molecular flexibility index (Phi) is 10.7. The van der Waals surface area contributed by atoms with Crippen molar-refractivity contribution in [2.24, 2.45) is 11.8 Å². The number of hydrogen-bond acceptors (Lipinski definition) is 3. The largest absolute Gasteiger partial charge is 0.393 e. The van der Waals surface area contributed by atoms with E-state index in [1.165, 1.54) is 5.56 Å². The fraction of sp³-hybridized carbons (Fsp3) is 0.560. The van der Waals surface area contributed by atoms with Gasteiger partial charge in [-0.25, -0.2) is 0 Å². The Hall–Kier alpha value is -1.91. The molecule has 0 heterocycles. The summed E-state index contributed by atoms with van der Waals surface area (Å²) in [5, 5.41) is 23.5. The zero-order valence-corrected chi connectivity index (χ0v) is 17.7. The van der Waals surface area contributed by atoms with Crippen LogP contribution in [-0.2, 0) is 11.2 Å². The lowest BCUT2D eigenvalue weighted by molar-refractivity contribution is -0.121. The van der Waals surface area contributed by atoms with Gasteiger partial charge in [-0.05, 0) is 56.9 Å². The lowest BCUT2D eigenvalue weighted by Crippen LogP contribution is -2.21. The summed E-state index contributed by atoms with van der Waals surface area (Å²) in [6, 6.07) is 10.5. The standard InChI is InChI=1S/C25H37NO3/c1-2-26-25(29)18-12-4-3-10-16-21-22(24(28)19-23(21)27)17-11-6-9-15-20-13-7-5-8-14-20/h3,5,7-8,10-11,13-14,17,21-24,27-28H,2,4,6,9,12,15-16,18-19H2,1H3,(H,26,29)/b10-3-,17-11?/t21-,22-,23+,24-/m1/s1. The summed E-state index contributed by atoms with van der Waals surface area (Å²) in [6.07, 6.45) is 14.1. The molecule has 0 aromatic heterocycles. The minimum Gasteiger partial charge on any atom is -0.393 e. The van der Waals surface area contributed by atoms with Crippen molar-refractivity contribution in [1.29, 1.82) is 0 Å². The fourth-order valence-electron chi connectivity index (χ4n) is 4.07. The lowest BCUT2D eigenvalue weighted by Gasteiger charge is -2.19. The third-order valence-corrected chi connectivity index (χ3v) is 5.68. The van der Waals surface area contributed by atoms with E-state index >= 15 is 0 Å². The number of hydrogen-bond donors (Lipinski definition) is 3. The summed E-state index contributed by atoms with van der Waals surface area (Å²) in [5.74, 6) is 0.185. The van der Waals surface area contributed by atoms with E-state index < -0.39 is 12.2 Å². The smallest absolute Gasteiger partial charge is 0.219 e. The van der Waals surface area contributed by atoms with Crippen LogP contribution in [0.1, 0.15) is 57.4 Å². The number of aryl methyl sites for hydroxylation is 1. The van der Waals surface area contributed by atoms with Crippen molar-refractivity contribution in [1.82, 2.24) is 5.32 Å². The molecule has 4 heteroatoms. The Balaban J connectivity index is 1.71. The molecule has 0 bridgehead atoms. The van der Waals surface area contributed by atoms with Gasteiger partial charge in [-0.15, -0.1) is 0 Å². The summed E-state index contributed by atoms with van der Waals surface area (Å²) >= 11 is 0. The Bertz CT molecular complexity index is 641. The highest BCUT2D eigenvalue weighted by atomic mass is 16.3. The van der Waals surface area contributed by atoms with Crippen LogP contribution >= 0.6 is 0 Å². The Labute approximate surface area is 175 Å². The number of rotatable bonds is 12. The zero-order valence-electron chi connectivity index (χ0n) is 17.7. The maximum absolute atomic E-state index is 11.4. The molecule has 29 heavy (non-hydrogen) atoms. The first kappa shape index (κ1) is 23.4. The molecule has 1 aromatic rings. The van der Waals surface area contributed by atoms with E-state index in [-0.39, 0.29) is 17.7 Å². The van der Waals surface area contributed by atoms with Crippen molar-refractivity contribution in [2.45, 2.75) is 70.5 Å². The predicted octanol–water partition coefficient (Wildman–Crippen LogP) is 4.18. The minimum atomic E-state index is -0.466. The number of benzene rings is 1. The Morgan fingerprint density at radius 2 is 1.83 bits per heavy atom. The van der Waals surface area contributed by atoms with Crippen LogP contribution in [0.15, 0.2) is 54.6 Å². The summed E-state index contributed by atoms with van der Waals surface area (Å²) in [6.45, 7) is 2.60. The SMILES string of the molecule is CCNC(=O)CCC/C=C\C[C@@H]1[C@@H](C=CCCCc2ccccc2)[C@H](O)C[C@@H]1O. The van der Waals surface area contributed by atoms with Crippen LogP contribution in [0.4, 0.5) is 0 Å². The van der Waals surface area contributed by atoms with E-state index in [1.807, 2.05) is 13.0 Å². The summed E-state index contributed by atoms with van der Waals surface area (Å²) in [4.78, 5) is 11.4. The normalized spacial score (nSPS) is 24.5. The lowest BCUT2D eigenvalue weighted by atomic mass is 9.89. The molecule has 1 aromatic carbocycles. The second-order valence-corrected chi connectivity index (χ2v) is 7.97. The molecule has 160 valence electrons. The highest BCUT2D eigenvalue weighted by Gasteiger charge is 2.39. The molecule has 1 aliphatic carbocycles. The molecule has 3 N–H and O–H groups in total. The molecular weight excluding hydrogens is 362 g/mol. The van der Waals surface area contributed by atoms with Crippen molar-refractivity contribution in [3.8, 4) is 0 Å². The van der Waals surface area contributed by atoms with Gasteiger partial charge in [0.25, 0.3) is 0 Å². The van der Waals surface area contributed by atoms with Crippen LogP contribution in [0.3, 0.4) is 0 Å². The van der Waals surface area contributed by atoms with Gasteiger partial charge in [0.2, 0.25) is 5.91 Å². The number of amides is 1. The second-order valence-electron chi connectivity index (χ2n) is 7.97. The first-order chi connectivity index (χ1) is 14.1. The topological polar surface area (TPSA) is 69.6 Å². The van der Waals surface area contributed by atoms with Gasteiger partial charge in [-0.2, -0.15) is 0 Å². The molecule has 0 unspecified atom stereocenters. The quantitative estimate of drug-likeness (QED) is 0.365. The van der Waals surface area contributed by atoms with Crippen LogP contribution in [0.5, 0.6) is 0 Å². The number of aliphatic hydroxyl groups is 2. The number of aliphatic hydroxyl groups excluding tert-OH is 2. The second kappa shape index (κ2) is 13.3. The molecule has 0 radical (unpaired) electrons. The minimum absolute atomic E-state index is 0.0155. The van der Waals surface area contributed by atoms with Gasteiger partial charge in [0.1, 0.15) is 0 Å². The van der Waals surface area contributed by atoms with E-state index in [2.05, 4.69) is 53.9 Å². The molecule has 1 aliphatic rings. The number of carbonyl (C=O) groups excluding carboxylic acids is 1. The van der Waals surface area contributed by atoms with Gasteiger partial charge in [0, 0.05) is 25.3 Å². The van der Waals surface area contributed by atoms with Crippen molar-refractivity contribution in [3.63, 3.8) is 0 Å². The molecule has 4 atom stereocenters. The van der Waals surface area contributed by atoms with Crippen LogP contribution in [0.2, 0.25) is 0 Å². The number of allylic oxidation sites excluding steroid dienone is 3. The van der Waals surface area contributed by atoms with Crippen LogP contribution in [0, 0.1) is 11.8 Å². The highest BCUT2D eigenvalue weighted by molar-refractivity contribution is 5.75. The maximum atomic E-state index is 11.4. The third-order valence-electron chi connectivity index (χ3n) is 5.68. The molecular formula is C25H37NO3. The number of nitrogens with one attached hydrogen (secondary N) is 1.